The number of hydrogen-bond donors (Lipinski definition) is 1. The smallest absolute Gasteiger partial charge is 0.0393 e. The van der Waals surface area contributed by atoms with Crippen LogP contribution in [0.4, 0.5) is 5.69 Å². The summed E-state index contributed by atoms with van der Waals surface area (Å²) in [5, 5.41) is 0. The topological polar surface area (TPSA) is 26.0 Å². The van der Waals surface area contributed by atoms with Crippen molar-refractivity contribution in [3.8, 4) is 44.5 Å². The van der Waals surface area contributed by atoms with Crippen molar-refractivity contribution >= 4 is 21.6 Å². The van der Waals surface area contributed by atoms with Crippen LogP contribution < -0.4 is 5.73 Å². The second-order valence-electron chi connectivity index (χ2n) is 12.0. The minimum absolute atomic E-state index is 0.828. The lowest BCUT2D eigenvalue weighted by molar-refractivity contribution is 1.20. The Morgan fingerprint density at radius 1 is 0.294 bits per heavy atom. The molecule has 2 heteroatoms. The maximum Gasteiger partial charge on any atom is 0.0393 e. The van der Waals surface area contributed by atoms with E-state index >= 15 is 0 Å². The third-order valence-electron chi connectivity index (χ3n) is 8.59. The molecule has 0 radical (unpaired) electrons. The average molecular weight is 723 g/mol. The number of nitrogens with two attached hydrogens (primary N) is 1. The quantitative estimate of drug-likeness (QED) is 0.170. The molecule has 0 bridgehead atoms. The molecule has 1 nitrogen and oxygen atoms in total. The number of nitrogen functional groups attached to an aromatic ring is 1. The Hall–Kier alpha value is -5.96. The largest absolute Gasteiger partial charge is 0.398 e. The van der Waals surface area contributed by atoms with Crippen molar-refractivity contribution in [1.29, 1.82) is 0 Å². The SMILES string of the molecule is Brc1ccccc1-c1ccccc1.Nc1ccccc1-c1ccccc1.c1ccc(-c2ccccc2Cc2ccccc2-c2ccccc2)cc1. The fraction of sp³-hybridized carbons (Fsp3) is 0.0204. The Labute approximate surface area is 310 Å². The number of rotatable bonds is 6. The summed E-state index contributed by atoms with van der Waals surface area (Å²) >= 11 is 3.53. The first-order chi connectivity index (χ1) is 25.2. The van der Waals surface area contributed by atoms with Crippen molar-refractivity contribution in [2.24, 2.45) is 0 Å². The lowest BCUT2D eigenvalue weighted by atomic mass is 9.91. The summed E-state index contributed by atoms with van der Waals surface area (Å²) in [6, 6.07) is 75.3. The van der Waals surface area contributed by atoms with Gasteiger partial charge in [0, 0.05) is 15.7 Å². The molecule has 0 amide bonds. The Kier molecular flexibility index (Phi) is 12.4. The zero-order valence-corrected chi connectivity index (χ0v) is 30.0. The highest BCUT2D eigenvalue weighted by Gasteiger charge is 2.09. The lowest BCUT2D eigenvalue weighted by Crippen LogP contribution is -1.95. The number of para-hydroxylation sites is 1. The summed E-state index contributed by atoms with van der Waals surface area (Å²) in [5.41, 5.74) is 19.3. The molecule has 0 fully saturated rings. The van der Waals surface area contributed by atoms with E-state index in [2.05, 4.69) is 174 Å². The Morgan fingerprint density at radius 3 is 1.00 bits per heavy atom. The fourth-order valence-corrected chi connectivity index (χ4v) is 6.56. The van der Waals surface area contributed by atoms with Crippen LogP contribution in [0, 0.1) is 0 Å². The van der Waals surface area contributed by atoms with Gasteiger partial charge in [-0.2, -0.15) is 0 Å². The van der Waals surface area contributed by atoms with Gasteiger partial charge in [-0.1, -0.05) is 222 Å². The third kappa shape index (κ3) is 9.60. The second-order valence-corrected chi connectivity index (χ2v) is 12.9. The predicted octanol–water partition coefficient (Wildman–Crippen LogP) is 13.7. The molecular weight excluding hydrogens is 682 g/mol. The Morgan fingerprint density at radius 2 is 0.588 bits per heavy atom. The van der Waals surface area contributed by atoms with Crippen LogP contribution in [0.25, 0.3) is 44.5 Å². The Balaban J connectivity index is 0.000000145. The first kappa shape index (κ1) is 34.9. The van der Waals surface area contributed by atoms with Crippen molar-refractivity contribution in [2.45, 2.75) is 6.42 Å². The highest BCUT2D eigenvalue weighted by molar-refractivity contribution is 9.10. The summed E-state index contributed by atoms with van der Waals surface area (Å²) < 4.78 is 1.14. The summed E-state index contributed by atoms with van der Waals surface area (Å²) in [7, 11) is 0. The van der Waals surface area contributed by atoms with Crippen LogP contribution in [0.1, 0.15) is 11.1 Å². The minimum Gasteiger partial charge on any atom is -0.398 e. The van der Waals surface area contributed by atoms with Gasteiger partial charge in [0.1, 0.15) is 0 Å². The molecule has 0 unspecified atom stereocenters. The van der Waals surface area contributed by atoms with E-state index in [4.69, 9.17) is 5.73 Å². The molecule has 0 atom stereocenters. The van der Waals surface area contributed by atoms with Gasteiger partial charge in [-0.15, -0.1) is 0 Å². The first-order valence-corrected chi connectivity index (χ1v) is 17.9. The zero-order chi connectivity index (χ0) is 35.1. The standard InChI is InChI=1S/C25H20.C12H9Br.C12H11N/c1-3-11-20(12-4-1)24-17-9-7-15-22(24)19-23-16-8-10-18-25(23)21-13-5-2-6-14-21;2*13-12-9-5-4-8-11(12)10-6-2-1-3-7-10/h1-18H,19H2;1-9H;1-9H,13H2. The normalized spacial score (nSPS) is 10.2. The van der Waals surface area contributed by atoms with Crippen LogP contribution >= 0.6 is 15.9 Å². The van der Waals surface area contributed by atoms with Crippen LogP contribution in [0.15, 0.2) is 223 Å². The summed E-state index contributed by atoms with van der Waals surface area (Å²) in [6.07, 6.45) is 0.927. The van der Waals surface area contributed by atoms with E-state index in [1.165, 1.54) is 50.1 Å². The molecule has 248 valence electrons. The van der Waals surface area contributed by atoms with Gasteiger partial charge in [0.05, 0.1) is 0 Å². The van der Waals surface area contributed by atoms with Gasteiger partial charge in [0.15, 0.2) is 0 Å². The highest BCUT2D eigenvalue weighted by atomic mass is 79.9. The molecule has 0 aliphatic heterocycles. The molecule has 0 aliphatic carbocycles. The van der Waals surface area contributed by atoms with E-state index in [1.54, 1.807) is 0 Å². The summed E-state index contributed by atoms with van der Waals surface area (Å²) in [4.78, 5) is 0. The van der Waals surface area contributed by atoms with E-state index in [0.717, 1.165) is 22.1 Å². The summed E-state index contributed by atoms with van der Waals surface area (Å²) in [5.74, 6) is 0. The molecule has 0 heterocycles. The number of anilines is 1. The van der Waals surface area contributed by atoms with E-state index < -0.39 is 0 Å². The molecular formula is C49H40BrN. The Bertz CT molecular complexity index is 2070. The number of benzene rings is 8. The van der Waals surface area contributed by atoms with Crippen LogP contribution in [0.5, 0.6) is 0 Å². The van der Waals surface area contributed by atoms with Crippen molar-refractivity contribution in [2.75, 3.05) is 5.73 Å². The molecule has 0 saturated carbocycles. The van der Waals surface area contributed by atoms with Gasteiger partial charge in [0.2, 0.25) is 0 Å². The molecule has 0 aliphatic rings. The van der Waals surface area contributed by atoms with Crippen LogP contribution in [-0.2, 0) is 6.42 Å². The first-order valence-electron chi connectivity index (χ1n) is 17.1. The van der Waals surface area contributed by atoms with Crippen LogP contribution in [-0.4, -0.2) is 0 Å². The van der Waals surface area contributed by atoms with Gasteiger partial charge in [0.25, 0.3) is 0 Å². The minimum atomic E-state index is 0.828. The van der Waals surface area contributed by atoms with Crippen molar-refractivity contribution in [3.63, 3.8) is 0 Å². The maximum absolute atomic E-state index is 5.85. The van der Waals surface area contributed by atoms with Gasteiger partial charge in [-0.3, -0.25) is 0 Å². The van der Waals surface area contributed by atoms with Crippen molar-refractivity contribution in [1.82, 2.24) is 0 Å². The van der Waals surface area contributed by atoms with E-state index in [0.29, 0.717) is 0 Å². The van der Waals surface area contributed by atoms with E-state index in [1.807, 2.05) is 60.7 Å². The average Bonchev–Trinajstić information content (AvgIpc) is 3.21. The van der Waals surface area contributed by atoms with Gasteiger partial charge in [-0.05, 0) is 68.6 Å². The molecule has 2 N–H and O–H groups in total. The molecule has 0 spiro atoms. The van der Waals surface area contributed by atoms with E-state index in [9.17, 15) is 0 Å². The lowest BCUT2D eigenvalue weighted by Gasteiger charge is -2.13. The molecule has 51 heavy (non-hydrogen) atoms. The van der Waals surface area contributed by atoms with Crippen LogP contribution in [0.3, 0.4) is 0 Å². The monoisotopic (exact) mass is 721 g/mol. The van der Waals surface area contributed by atoms with Crippen molar-refractivity contribution in [3.05, 3.63) is 234 Å². The molecule has 0 aromatic heterocycles. The maximum atomic E-state index is 5.85. The van der Waals surface area contributed by atoms with Gasteiger partial charge < -0.3 is 5.73 Å². The fourth-order valence-electron chi connectivity index (χ4n) is 6.04. The van der Waals surface area contributed by atoms with Gasteiger partial charge in [-0.25, -0.2) is 0 Å². The highest BCUT2D eigenvalue weighted by Crippen LogP contribution is 2.30. The molecule has 8 rings (SSSR count). The van der Waals surface area contributed by atoms with Crippen molar-refractivity contribution < 1.29 is 0 Å². The van der Waals surface area contributed by atoms with E-state index in [-0.39, 0.29) is 0 Å². The zero-order valence-electron chi connectivity index (χ0n) is 28.4. The van der Waals surface area contributed by atoms with Crippen LogP contribution in [0.2, 0.25) is 0 Å². The summed E-state index contributed by atoms with van der Waals surface area (Å²) in [6.45, 7) is 0. The second kappa shape index (κ2) is 18.2. The molecule has 8 aromatic carbocycles. The number of hydrogen-bond acceptors (Lipinski definition) is 1. The third-order valence-corrected chi connectivity index (χ3v) is 9.28. The number of halogens is 1. The predicted molar refractivity (Wildman–Crippen MR) is 222 cm³/mol. The van der Waals surface area contributed by atoms with Gasteiger partial charge >= 0.3 is 0 Å². The molecule has 8 aromatic rings. The molecule has 0 saturated heterocycles.